The van der Waals surface area contributed by atoms with Crippen molar-refractivity contribution in [3.05, 3.63) is 0 Å². The third-order valence-electron chi connectivity index (χ3n) is 6.00. The number of rotatable bonds is 24. The Morgan fingerprint density at radius 2 is 0.935 bits per heavy atom. The van der Waals surface area contributed by atoms with Crippen LogP contribution < -0.4 is 5.32 Å². The lowest BCUT2D eigenvalue weighted by atomic mass is 10.0. The molecule has 0 unspecified atom stereocenters. The molecule has 0 amide bonds. The topological polar surface area (TPSA) is 49.0 Å². The minimum Gasteiger partial charge on any atom is -0.379 e. The molecular formula is C26H53NO4. The van der Waals surface area contributed by atoms with Gasteiger partial charge in [-0.15, -0.1) is 0 Å². The summed E-state index contributed by atoms with van der Waals surface area (Å²) in [6.07, 6.45) is 20.7. The summed E-state index contributed by atoms with van der Waals surface area (Å²) in [7, 11) is 0. The summed E-state index contributed by atoms with van der Waals surface area (Å²) in [5.41, 5.74) is 0. The van der Waals surface area contributed by atoms with Crippen LogP contribution in [0.1, 0.15) is 103 Å². The molecule has 0 aromatic heterocycles. The molecule has 1 N–H and O–H groups in total. The Balaban J connectivity index is 1.62. The standard InChI is InChI=1S/C26H53NO4/c1-2-3-4-5-6-7-8-9-10-11-12-13-14-19-28-20-21-29-22-23-30-24-25-31-26-15-17-27-18-16-26/h26-27H,2-25H2,1H3. The number of hydrogen-bond acceptors (Lipinski definition) is 5. The monoisotopic (exact) mass is 443 g/mol. The van der Waals surface area contributed by atoms with Crippen molar-refractivity contribution < 1.29 is 18.9 Å². The van der Waals surface area contributed by atoms with Crippen LogP contribution in [-0.4, -0.2) is 65.4 Å². The maximum atomic E-state index is 5.80. The SMILES string of the molecule is CCCCCCCCCCCCCCCOCCOCCOCCOC1CCNCC1. The molecule has 1 fully saturated rings. The zero-order chi connectivity index (χ0) is 22.1. The van der Waals surface area contributed by atoms with Crippen molar-refractivity contribution in [1.29, 1.82) is 0 Å². The molecule has 0 atom stereocenters. The lowest BCUT2D eigenvalue weighted by molar-refractivity contribution is -0.0252. The lowest BCUT2D eigenvalue weighted by Crippen LogP contribution is -2.33. The molecule has 1 heterocycles. The smallest absolute Gasteiger partial charge is 0.0704 e. The molecule has 5 heteroatoms. The fourth-order valence-electron chi connectivity index (χ4n) is 4.00. The molecule has 1 aliphatic rings. The second-order valence-corrected chi connectivity index (χ2v) is 8.90. The third kappa shape index (κ3) is 21.4. The van der Waals surface area contributed by atoms with Gasteiger partial charge in [0.05, 0.1) is 45.7 Å². The Morgan fingerprint density at radius 3 is 1.45 bits per heavy atom. The van der Waals surface area contributed by atoms with Crippen LogP contribution in [0.15, 0.2) is 0 Å². The van der Waals surface area contributed by atoms with Crippen LogP contribution in [0.2, 0.25) is 0 Å². The highest BCUT2D eigenvalue weighted by molar-refractivity contribution is 4.67. The molecule has 5 nitrogen and oxygen atoms in total. The summed E-state index contributed by atoms with van der Waals surface area (Å²) in [5.74, 6) is 0. The minimum atomic E-state index is 0.410. The molecule has 0 spiro atoms. The first kappa shape index (κ1) is 28.8. The van der Waals surface area contributed by atoms with Crippen molar-refractivity contribution in [2.45, 2.75) is 109 Å². The zero-order valence-electron chi connectivity index (χ0n) is 20.7. The average molecular weight is 444 g/mol. The van der Waals surface area contributed by atoms with Crippen LogP contribution in [-0.2, 0) is 18.9 Å². The molecule has 186 valence electrons. The number of ether oxygens (including phenoxy) is 4. The fraction of sp³-hybridized carbons (Fsp3) is 1.00. The molecule has 1 saturated heterocycles. The van der Waals surface area contributed by atoms with Crippen LogP contribution in [0.25, 0.3) is 0 Å². The predicted molar refractivity (Wildman–Crippen MR) is 130 cm³/mol. The molecule has 0 aromatic carbocycles. The fourth-order valence-corrected chi connectivity index (χ4v) is 4.00. The first-order valence-electron chi connectivity index (χ1n) is 13.5. The Morgan fingerprint density at radius 1 is 0.516 bits per heavy atom. The molecule has 0 bridgehead atoms. The summed E-state index contributed by atoms with van der Waals surface area (Å²) in [6.45, 7) is 9.25. The second-order valence-electron chi connectivity index (χ2n) is 8.90. The molecule has 0 radical (unpaired) electrons. The van der Waals surface area contributed by atoms with Crippen molar-refractivity contribution >= 4 is 0 Å². The van der Waals surface area contributed by atoms with Gasteiger partial charge in [0, 0.05) is 6.61 Å². The van der Waals surface area contributed by atoms with Gasteiger partial charge in [-0.1, -0.05) is 84.0 Å². The van der Waals surface area contributed by atoms with Gasteiger partial charge in [0.25, 0.3) is 0 Å². The Hall–Kier alpha value is -0.200. The first-order valence-corrected chi connectivity index (χ1v) is 13.5. The Kier molecular flexibility index (Phi) is 22.7. The van der Waals surface area contributed by atoms with Crippen molar-refractivity contribution in [1.82, 2.24) is 5.32 Å². The second kappa shape index (κ2) is 24.4. The molecule has 1 aliphatic heterocycles. The Labute approximate surface area is 193 Å². The van der Waals surface area contributed by atoms with Gasteiger partial charge in [-0.05, 0) is 32.4 Å². The van der Waals surface area contributed by atoms with E-state index in [2.05, 4.69) is 12.2 Å². The van der Waals surface area contributed by atoms with E-state index in [0.717, 1.165) is 32.5 Å². The van der Waals surface area contributed by atoms with E-state index < -0.39 is 0 Å². The van der Waals surface area contributed by atoms with E-state index in [-0.39, 0.29) is 0 Å². The van der Waals surface area contributed by atoms with Gasteiger partial charge in [-0.3, -0.25) is 0 Å². The van der Waals surface area contributed by atoms with Gasteiger partial charge in [-0.2, -0.15) is 0 Å². The summed E-state index contributed by atoms with van der Waals surface area (Å²) >= 11 is 0. The van der Waals surface area contributed by atoms with Crippen LogP contribution in [0.5, 0.6) is 0 Å². The van der Waals surface area contributed by atoms with E-state index in [0.29, 0.717) is 45.7 Å². The number of unbranched alkanes of at least 4 members (excludes halogenated alkanes) is 12. The minimum absolute atomic E-state index is 0.410. The van der Waals surface area contributed by atoms with Crippen LogP contribution in [0.4, 0.5) is 0 Å². The van der Waals surface area contributed by atoms with Gasteiger partial charge < -0.3 is 24.3 Å². The van der Waals surface area contributed by atoms with E-state index in [4.69, 9.17) is 18.9 Å². The van der Waals surface area contributed by atoms with Crippen LogP contribution >= 0.6 is 0 Å². The van der Waals surface area contributed by atoms with Gasteiger partial charge in [0.2, 0.25) is 0 Å². The van der Waals surface area contributed by atoms with Crippen molar-refractivity contribution in [2.75, 3.05) is 59.3 Å². The van der Waals surface area contributed by atoms with Crippen molar-refractivity contribution in [3.8, 4) is 0 Å². The summed E-state index contributed by atoms with van der Waals surface area (Å²) < 4.78 is 22.6. The summed E-state index contributed by atoms with van der Waals surface area (Å²) in [6, 6.07) is 0. The largest absolute Gasteiger partial charge is 0.379 e. The lowest BCUT2D eigenvalue weighted by Gasteiger charge is -2.22. The molecule has 0 aromatic rings. The van der Waals surface area contributed by atoms with Gasteiger partial charge >= 0.3 is 0 Å². The Bertz CT molecular complexity index is 337. The third-order valence-corrected chi connectivity index (χ3v) is 6.00. The molecule has 0 saturated carbocycles. The summed E-state index contributed by atoms with van der Waals surface area (Å²) in [5, 5.41) is 3.34. The molecule has 1 rings (SSSR count). The molecule has 31 heavy (non-hydrogen) atoms. The highest BCUT2D eigenvalue weighted by Gasteiger charge is 2.12. The number of piperidine rings is 1. The number of hydrogen-bond donors (Lipinski definition) is 1. The molecule has 0 aliphatic carbocycles. The van der Waals surface area contributed by atoms with E-state index in [1.807, 2.05) is 0 Å². The summed E-state index contributed by atoms with van der Waals surface area (Å²) in [4.78, 5) is 0. The van der Waals surface area contributed by atoms with Gasteiger partial charge in [0.1, 0.15) is 0 Å². The molecular weight excluding hydrogens is 390 g/mol. The van der Waals surface area contributed by atoms with E-state index in [1.54, 1.807) is 0 Å². The quantitative estimate of drug-likeness (QED) is 0.188. The van der Waals surface area contributed by atoms with E-state index >= 15 is 0 Å². The zero-order valence-corrected chi connectivity index (χ0v) is 20.7. The van der Waals surface area contributed by atoms with Crippen LogP contribution in [0.3, 0.4) is 0 Å². The average Bonchev–Trinajstić information content (AvgIpc) is 2.80. The van der Waals surface area contributed by atoms with Gasteiger partial charge in [0.15, 0.2) is 0 Å². The first-order chi connectivity index (χ1) is 15.4. The van der Waals surface area contributed by atoms with Crippen molar-refractivity contribution in [2.24, 2.45) is 0 Å². The maximum absolute atomic E-state index is 5.80. The van der Waals surface area contributed by atoms with Gasteiger partial charge in [-0.25, -0.2) is 0 Å². The maximum Gasteiger partial charge on any atom is 0.0704 e. The van der Waals surface area contributed by atoms with Crippen molar-refractivity contribution in [3.63, 3.8) is 0 Å². The number of nitrogens with one attached hydrogen (secondary N) is 1. The van der Waals surface area contributed by atoms with E-state index in [1.165, 1.54) is 83.5 Å². The normalized spacial score (nSPS) is 15.0. The van der Waals surface area contributed by atoms with Crippen LogP contribution in [0, 0.1) is 0 Å². The highest BCUT2D eigenvalue weighted by Crippen LogP contribution is 2.12. The highest BCUT2D eigenvalue weighted by atomic mass is 16.6. The predicted octanol–water partition coefficient (Wildman–Crippen LogP) is 5.90. The van der Waals surface area contributed by atoms with E-state index in [9.17, 15) is 0 Å².